The van der Waals surface area contributed by atoms with Gasteiger partial charge in [-0.15, -0.1) is 0 Å². The third-order valence-corrected chi connectivity index (χ3v) is 5.38. The first-order valence-electron chi connectivity index (χ1n) is 8.94. The molecular weight excluding hydrogens is 374 g/mol. The molecule has 0 bridgehead atoms. The van der Waals surface area contributed by atoms with E-state index in [2.05, 4.69) is 36.1 Å². The van der Waals surface area contributed by atoms with Gasteiger partial charge in [-0.1, -0.05) is 42.8 Å². The van der Waals surface area contributed by atoms with Gasteiger partial charge in [0.15, 0.2) is 0 Å². The van der Waals surface area contributed by atoms with Crippen molar-refractivity contribution >= 4 is 17.1 Å². The molecule has 6 heteroatoms. The Hall–Kier alpha value is -3.05. The number of rotatable bonds is 4. The van der Waals surface area contributed by atoms with E-state index in [-0.39, 0.29) is 22.4 Å². The highest BCUT2D eigenvalue weighted by molar-refractivity contribution is 6.32. The van der Waals surface area contributed by atoms with Crippen LogP contribution in [-0.4, -0.2) is 21.7 Å². The molecule has 0 aliphatic rings. The van der Waals surface area contributed by atoms with E-state index < -0.39 is 0 Å². The van der Waals surface area contributed by atoms with Crippen LogP contribution in [0.3, 0.4) is 0 Å². The maximum atomic E-state index is 12.1. The largest absolute Gasteiger partial charge is 0.869 e. The van der Waals surface area contributed by atoms with Gasteiger partial charge < -0.3 is 9.84 Å². The number of halogens is 1. The van der Waals surface area contributed by atoms with Crippen LogP contribution in [0, 0.1) is 6.92 Å². The Labute approximate surface area is 168 Å². The molecule has 0 saturated heterocycles. The molecule has 4 rings (SSSR count). The third-order valence-electron chi connectivity index (χ3n) is 5.10. The van der Waals surface area contributed by atoms with Crippen LogP contribution in [0.1, 0.15) is 29.5 Å². The zero-order valence-electron chi connectivity index (χ0n) is 15.8. The zero-order valence-corrected chi connectivity index (χ0v) is 16.6. The lowest BCUT2D eigenvalue weighted by atomic mass is 9.92. The molecule has 0 aliphatic heterocycles. The molecule has 0 saturated carbocycles. The molecule has 28 heavy (non-hydrogen) atoms. The minimum atomic E-state index is -0.300. The summed E-state index contributed by atoms with van der Waals surface area (Å²) in [5.41, 5.74) is 5.96. The number of aromatic nitrogens is 3. The minimum absolute atomic E-state index is 0.0363. The quantitative estimate of drug-likeness (QED) is 0.509. The minimum Gasteiger partial charge on any atom is -0.869 e. The summed E-state index contributed by atoms with van der Waals surface area (Å²) in [6.45, 7) is 4.14. The fourth-order valence-corrected chi connectivity index (χ4v) is 3.75. The second-order valence-electron chi connectivity index (χ2n) is 6.74. The van der Waals surface area contributed by atoms with E-state index in [4.69, 9.17) is 16.3 Å². The number of ether oxygens (including phenoxy) is 1. The van der Waals surface area contributed by atoms with Gasteiger partial charge in [0.05, 0.1) is 18.3 Å². The molecule has 2 aromatic heterocycles. The number of nitrogens with zero attached hydrogens (tertiary/aromatic N) is 3. The molecule has 142 valence electrons. The lowest BCUT2D eigenvalue weighted by Gasteiger charge is -2.19. The molecule has 0 N–H and O–H groups in total. The normalized spacial score (nSPS) is 12.3. The van der Waals surface area contributed by atoms with E-state index in [0.717, 1.165) is 33.5 Å². The summed E-state index contributed by atoms with van der Waals surface area (Å²) in [5.74, 6) is -0.0928. The van der Waals surface area contributed by atoms with Crippen LogP contribution in [0.4, 0.5) is 0 Å². The van der Waals surface area contributed by atoms with E-state index in [9.17, 15) is 5.11 Å². The van der Waals surface area contributed by atoms with Crippen LogP contribution in [0.5, 0.6) is 11.5 Å². The molecule has 5 nitrogen and oxygen atoms in total. The summed E-state index contributed by atoms with van der Waals surface area (Å²) in [7, 11) is 1.47. The highest BCUT2D eigenvalue weighted by Crippen LogP contribution is 2.39. The summed E-state index contributed by atoms with van der Waals surface area (Å²) >= 11 is 6.15. The second kappa shape index (κ2) is 7.17. The molecule has 0 aliphatic carbocycles. The summed E-state index contributed by atoms with van der Waals surface area (Å²) in [6.07, 6.45) is 3.49. The van der Waals surface area contributed by atoms with Crippen molar-refractivity contribution < 1.29 is 9.84 Å². The summed E-state index contributed by atoms with van der Waals surface area (Å²) in [6, 6.07) is 13.6. The predicted octanol–water partition coefficient (Wildman–Crippen LogP) is 4.59. The lowest BCUT2D eigenvalue weighted by molar-refractivity contribution is -0.269. The Bertz CT molecular complexity index is 1170. The van der Waals surface area contributed by atoms with Crippen molar-refractivity contribution in [1.82, 2.24) is 14.6 Å². The fraction of sp³-hybridized carbons (Fsp3) is 0.182. The highest BCUT2D eigenvalue weighted by Gasteiger charge is 2.19. The first-order chi connectivity index (χ1) is 13.5. The lowest BCUT2D eigenvalue weighted by Crippen LogP contribution is -2.03. The number of hydrogen-bond acceptors (Lipinski definition) is 4. The molecule has 2 heterocycles. The standard InChI is InChI=1S/C22H20ClN3O2/c1-13-6-4-5-7-16(13)20-21-17(8-9-26(21)25-12-24-20)14(2)15-10-18(23)22(27)19(11-15)28-3/h4-12,14,27H,1-3H3/p-1. The van der Waals surface area contributed by atoms with Gasteiger partial charge >= 0.3 is 0 Å². The number of hydrogen-bond donors (Lipinski definition) is 0. The molecule has 0 spiro atoms. The van der Waals surface area contributed by atoms with Gasteiger partial charge in [-0.3, -0.25) is 0 Å². The number of fused-ring (bicyclic) bond motifs is 1. The Balaban J connectivity index is 1.91. The van der Waals surface area contributed by atoms with E-state index >= 15 is 0 Å². The Morgan fingerprint density at radius 2 is 1.96 bits per heavy atom. The van der Waals surface area contributed by atoms with E-state index in [1.165, 1.54) is 7.11 Å². The average Bonchev–Trinajstić information content (AvgIpc) is 3.14. The maximum absolute atomic E-state index is 12.1. The van der Waals surface area contributed by atoms with E-state index in [1.807, 2.05) is 28.9 Å². The SMILES string of the molecule is COc1cc(C(C)c2ccn3ncnc(-c4ccccc4C)c23)cc(Cl)c1[O-]. The van der Waals surface area contributed by atoms with Crippen LogP contribution >= 0.6 is 11.6 Å². The molecule has 0 radical (unpaired) electrons. The molecule has 2 aromatic carbocycles. The first kappa shape index (κ1) is 18.3. The summed E-state index contributed by atoms with van der Waals surface area (Å²) < 4.78 is 7.04. The molecule has 4 aromatic rings. The van der Waals surface area contributed by atoms with Crippen molar-refractivity contribution in [2.75, 3.05) is 7.11 Å². The monoisotopic (exact) mass is 392 g/mol. The topological polar surface area (TPSA) is 62.5 Å². The third kappa shape index (κ3) is 2.98. The highest BCUT2D eigenvalue weighted by atomic mass is 35.5. The van der Waals surface area contributed by atoms with Crippen LogP contribution in [0.15, 0.2) is 55.0 Å². The molecule has 0 amide bonds. The second-order valence-corrected chi connectivity index (χ2v) is 7.15. The summed E-state index contributed by atoms with van der Waals surface area (Å²) in [4.78, 5) is 4.58. The molecule has 0 fully saturated rings. The number of benzene rings is 2. The zero-order chi connectivity index (χ0) is 19.8. The van der Waals surface area contributed by atoms with Crippen molar-refractivity contribution in [1.29, 1.82) is 0 Å². The van der Waals surface area contributed by atoms with Gasteiger partial charge in [-0.25, -0.2) is 9.50 Å². The Morgan fingerprint density at radius 1 is 1.18 bits per heavy atom. The van der Waals surface area contributed by atoms with Gasteiger partial charge in [0.25, 0.3) is 0 Å². The van der Waals surface area contributed by atoms with Crippen molar-refractivity contribution in [2.24, 2.45) is 0 Å². The van der Waals surface area contributed by atoms with Crippen LogP contribution in [0.2, 0.25) is 5.02 Å². The van der Waals surface area contributed by atoms with Crippen LogP contribution in [0.25, 0.3) is 16.8 Å². The molecular formula is C22H19ClN3O2-. The van der Waals surface area contributed by atoms with Gasteiger partial charge in [-0.2, -0.15) is 5.10 Å². The van der Waals surface area contributed by atoms with E-state index in [1.54, 1.807) is 18.5 Å². The van der Waals surface area contributed by atoms with Crippen molar-refractivity contribution in [3.8, 4) is 22.8 Å². The van der Waals surface area contributed by atoms with Gasteiger partial charge in [-0.05, 0) is 47.6 Å². The first-order valence-corrected chi connectivity index (χ1v) is 9.31. The van der Waals surface area contributed by atoms with Crippen molar-refractivity contribution in [3.05, 3.63) is 76.7 Å². The van der Waals surface area contributed by atoms with E-state index in [0.29, 0.717) is 0 Å². The smallest absolute Gasteiger partial charge is 0.137 e. The Kier molecular flexibility index (Phi) is 4.69. The molecule has 1 atom stereocenters. The predicted molar refractivity (Wildman–Crippen MR) is 108 cm³/mol. The van der Waals surface area contributed by atoms with Crippen molar-refractivity contribution in [3.63, 3.8) is 0 Å². The average molecular weight is 393 g/mol. The van der Waals surface area contributed by atoms with Crippen molar-refractivity contribution in [2.45, 2.75) is 19.8 Å². The number of methoxy groups -OCH3 is 1. The maximum Gasteiger partial charge on any atom is 0.137 e. The summed E-state index contributed by atoms with van der Waals surface area (Å²) in [5, 5.41) is 16.6. The molecule has 1 unspecified atom stereocenters. The van der Waals surface area contributed by atoms with Gasteiger partial charge in [0, 0.05) is 22.7 Å². The number of aryl methyl sites for hydroxylation is 1. The Morgan fingerprint density at radius 3 is 2.71 bits per heavy atom. The van der Waals surface area contributed by atoms with Crippen LogP contribution in [-0.2, 0) is 0 Å². The fourth-order valence-electron chi connectivity index (χ4n) is 3.53. The van der Waals surface area contributed by atoms with Gasteiger partial charge in [0.1, 0.15) is 12.1 Å². The van der Waals surface area contributed by atoms with Crippen LogP contribution < -0.4 is 9.84 Å². The van der Waals surface area contributed by atoms with Gasteiger partial charge in [0.2, 0.25) is 0 Å².